The lowest BCUT2D eigenvalue weighted by molar-refractivity contribution is -0.133. The molecule has 9 heteroatoms. The zero-order valence-electron chi connectivity index (χ0n) is 26.5. The minimum absolute atomic E-state index is 0.0256. The highest BCUT2D eigenvalue weighted by Crippen LogP contribution is 2.62. The number of carbonyl (C=O) groups is 2. The SMILES string of the molecule is O=C1C(c2ccccc2)=CC(=O)[C@@]2(c3ccccc3)[C@@H](c3ccccc3OCCO)C3=CCn4c(=O)n(-c5ccccc5)c(=O)n4[C@@H]3C[C@@H]12. The predicted molar refractivity (Wildman–Crippen MR) is 184 cm³/mol. The molecule has 2 heterocycles. The summed E-state index contributed by atoms with van der Waals surface area (Å²) in [4.78, 5) is 58.4. The van der Waals surface area contributed by atoms with E-state index in [1.165, 1.54) is 15.4 Å². The van der Waals surface area contributed by atoms with Crippen molar-refractivity contribution in [2.45, 2.75) is 30.3 Å². The Kier molecular flexibility index (Phi) is 7.49. The van der Waals surface area contributed by atoms with E-state index in [1.807, 2.05) is 91.0 Å². The lowest BCUT2D eigenvalue weighted by Gasteiger charge is -2.54. The van der Waals surface area contributed by atoms with E-state index in [-0.39, 0.29) is 37.7 Å². The average Bonchev–Trinajstić information content (AvgIpc) is 3.41. The molecule has 1 N–H and O–H groups in total. The molecule has 0 saturated heterocycles. The number of nitrogens with zero attached hydrogens (tertiary/aromatic N) is 3. The van der Waals surface area contributed by atoms with Crippen LogP contribution in [0.1, 0.15) is 35.1 Å². The summed E-state index contributed by atoms with van der Waals surface area (Å²) in [5.41, 5.74) is 1.10. The van der Waals surface area contributed by atoms with Gasteiger partial charge >= 0.3 is 11.4 Å². The lowest BCUT2D eigenvalue weighted by atomic mass is 9.47. The van der Waals surface area contributed by atoms with Gasteiger partial charge in [-0.15, -0.1) is 0 Å². The summed E-state index contributed by atoms with van der Waals surface area (Å²) < 4.78 is 10.1. The van der Waals surface area contributed by atoms with Crippen LogP contribution in [0.2, 0.25) is 0 Å². The number of aromatic nitrogens is 3. The number of para-hydroxylation sites is 2. The third-order valence-electron chi connectivity index (χ3n) is 10.2. The molecule has 2 aliphatic carbocycles. The molecule has 1 aromatic heterocycles. The molecule has 1 fully saturated rings. The summed E-state index contributed by atoms with van der Waals surface area (Å²) in [6, 6.07) is 34.0. The normalized spacial score (nSPS) is 22.8. The minimum Gasteiger partial charge on any atom is -0.491 e. The first kappa shape index (κ1) is 30.5. The summed E-state index contributed by atoms with van der Waals surface area (Å²) in [5.74, 6) is -1.63. The molecular weight excluding hydrogens is 618 g/mol. The van der Waals surface area contributed by atoms with Gasteiger partial charge in [0.25, 0.3) is 0 Å². The van der Waals surface area contributed by atoms with Crippen molar-refractivity contribution in [3.8, 4) is 11.4 Å². The van der Waals surface area contributed by atoms with Crippen LogP contribution in [0.5, 0.6) is 5.75 Å². The minimum atomic E-state index is -1.40. The molecule has 0 unspecified atom stereocenters. The van der Waals surface area contributed by atoms with E-state index >= 15 is 9.59 Å². The van der Waals surface area contributed by atoms with Crippen LogP contribution in [0.3, 0.4) is 0 Å². The molecule has 0 bridgehead atoms. The zero-order chi connectivity index (χ0) is 33.7. The first-order chi connectivity index (χ1) is 24.0. The lowest BCUT2D eigenvalue weighted by Crippen LogP contribution is -2.58. The van der Waals surface area contributed by atoms with Crippen molar-refractivity contribution in [3.05, 3.63) is 171 Å². The molecule has 3 aliphatic rings. The van der Waals surface area contributed by atoms with Gasteiger partial charge in [0.15, 0.2) is 11.6 Å². The molecule has 8 rings (SSSR count). The predicted octanol–water partition coefficient (Wildman–Crippen LogP) is 4.63. The Morgan fingerprint density at radius 2 is 1.43 bits per heavy atom. The largest absolute Gasteiger partial charge is 0.491 e. The van der Waals surface area contributed by atoms with Crippen LogP contribution in [0.25, 0.3) is 11.3 Å². The Morgan fingerprint density at radius 3 is 2.14 bits per heavy atom. The highest BCUT2D eigenvalue weighted by molar-refractivity contribution is 6.31. The summed E-state index contributed by atoms with van der Waals surface area (Å²) in [6.07, 6.45) is 3.54. The van der Waals surface area contributed by atoms with E-state index < -0.39 is 34.7 Å². The monoisotopic (exact) mass is 651 g/mol. The molecule has 1 aliphatic heterocycles. The molecule has 0 spiro atoms. The van der Waals surface area contributed by atoms with Crippen LogP contribution in [-0.4, -0.2) is 43.8 Å². The quantitative estimate of drug-likeness (QED) is 0.257. The Morgan fingerprint density at radius 1 is 0.776 bits per heavy atom. The van der Waals surface area contributed by atoms with Gasteiger partial charge in [0.05, 0.1) is 30.3 Å². The van der Waals surface area contributed by atoms with Crippen molar-refractivity contribution in [1.82, 2.24) is 13.9 Å². The van der Waals surface area contributed by atoms with Gasteiger partial charge in [-0.1, -0.05) is 103 Å². The maximum absolute atomic E-state index is 15.2. The molecule has 5 aromatic rings. The van der Waals surface area contributed by atoms with E-state index in [2.05, 4.69) is 0 Å². The van der Waals surface area contributed by atoms with Crippen molar-refractivity contribution in [3.63, 3.8) is 0 Å². The van der Waals surface area contributed by atoms with Gasteiger partial charge in [-0.2, -0.15) is 0 Å². The Bertz CT molecular complexity index is 2270. The van der Waals surface area contributed by atoms with Crippen LogP contribution in [-0.2, 0) is 21.5 Å². The Balaban J connectivity index is 1.43. The first-order valence-corrected chi connectivity index (χ1v) is 16.4. The summed E-state index contributed by atoms with van der Waals surface area (Å²) in [5, 5.41) is 9.69. The number of hydrogen-bond donors (Lipinski definition) is 1. The number of allylic oxidation sites excluding steroid dienone is 4. The standard InChI is InChI=1S/C40H33N3O6/c44-22-23-49-34-19-11-10-18-30(34)36-29-20-21-41-38(47)42(28-16-8-3-9-17-28)39(48)43(41)33(29)25-32-37(46)31(26-12-4-1-5-13-26)24-35(45)40(32,36)27-14-6-2-7-15-27/h1-20,24,32-33,36,44H,21-23,25H2/t32-,33+,36+,40-/m0/s1. The van der Waals surface area contributed by atoms with Crippen molar-refractivity contribution < 1.29 is 19.4 Å². The zero-order valence-corrected chi connectivity index (χ0v) is 26.5. The number of hydrogen-bond acceptors (Lipinski definition) is 6. The highest BCUT2D eigenvalue weighted by Gasteiger charge is 2.63. The molecule has 4 atom stereocenters. The van der Waals surface area contributed by atoms with Gasteiger partial charge in [-0.05, 0) is 47.4 Å². The third kappa shape index (κ3) is 4.57. The summed E-state index contributed by atoms with van der Waals surface area (Å²) in [6.45, 7) is -0.0947. The summed E-state index contributed by atoms with van der Waals surface area (Å²) in [7, 11) is 0. The van der Waals surface area contributed by atoms with Crippen LogP contribution in [0.15, 0.2) is 143 Å². The van der Waals surface area contributed by atoms with Crippen LogP contribution in [0.4, 0.5) is 0 Å². The van der Waals surface area contributed by atoms with Crippen molar-refractivity contribution in [2.24, 2.45) is 5.92 Å². The Hall–Kier alpha value is -5.80. The van der Waals surface area contributed by atoms with Crippen LogP contribution < -0.4 is 16.1 Å². The van der Waals surface area contributed by atoms with E-state index in [9.17, 15) is 14.7 Å². The number of ether oxygens (including phenoxy) is 1. The van der Waals surface area contributed by atoms with Gasteiger partial charge in [0.2, 0.25) is 0 Å². The molecule has 9 nitrogen and oxygen atoms in total. The molecule has 4 aromatic carbocycles. The third-order valence-corrected chi connectivity index (χ3v) is 10.2. The maximum atomic E-state index is 15.2. The molecule has 1 saturated carbocycles. The molecular formula is C40H33N3O6. The number of aliphatic hydroxyl groups excluding tert-OH is 1. The van der Waals surface area contributed by atoms with Gasteiger partial charge < -0.3 is 9.84 Å². The number of ketones is 2. The first-order valence-electron chi connectivity index (χ1n) is 16.4. The van der Waals surface area contributed by atoms with Crippen molar-refractivity contribution >= 4 is 17.1 Å². The van der Waals surface area contributed by atoms with Crippen molar-refractivity contribution in [1.29, 1.82) is 0 Å². The molecule has 0 radical (unpaired) electrons. The van der Waals surface area contributed by atoms with Gasteiger partial charge in [-0.3, -0.25) is 9.59 Å². The number of Topliss-reactive ketones (excluding diaryl/α,β-unsaturated/α-hetero) is 1. The second-order valence-electron chi connectivity index (χ2n) is 12.6. The topological polar surface area (TPSA) is 113 Å². The van der Waals surface area contributed by atoms with E-state index in [0.29, 0.717) is 33.7 Å². The fourth-order valence-electron chi connectivity index (χ4n) is 8.28. The number of benzene rings is 4. The second-order valence-corrected chi connectivity index (χ2v) is 12.6. The number of fused-ring (bicyclic) bond motifs is 4. The smallest absolute Gasteiger partial charge is 0.352 e. The van der Waals surface area contributed by atoms with Crippen molar-refractivity contribution in [2.75, 3.05) is 13.2 Å². The highest BCUT2D eigenvalue weighted by atomic mass is 16.5. The van der Waals surface area contributed by atoms with E-state index in [4.69, 9.17) is 4.74 Å². The number of carbonyl (C=O) groups excluding carboxylic acids is 2. The van der Waals surface area contributed by atoms with Crippen LogP contribution in [0, 0.1) is 5.92 Å². The maximum Gasteiger partial charge on any atom is 0.352 e. The summed E-state index contributed by atoms with van der Waals surface area (Å²) >= 11 is 0. The van der Waals surface area contributed by atoms with E-state index in [1.54, 1.807) is 30.3 Å². The molecule has 244 valence electrons. The molecule has 49 heavy (non-hydrogen) atoms. The number of aliphatic hydroxyl groups is 1. The van der Waals surface area contributed by atoms with Gasteiger partial charge in [-0.25, -0.2) is 23.5 Å². The Labute approximate surface area is 281 Å². The second kappa shape index (κ2) is 12.0. The van der Waals surface area contributed by atoms with Gasteiger partial charge in [0.1, 0.15) is 12.4 Å². The van der Waals surface area contributed by atoms with Gasteiger partial charge in [0, 0.05) is 23.0 Å². The molecule has 0 amide bonds. The number of rotatable bonds is 7. The van der Waals surface area contributed by atoms with Crippen LogP contribution >= 0.6 is 0 Å². The van der Waals surface area contributed by atoms with E-state index in [0.717, 1.165) is 10.1 Å². The fourth-order valence-corrected chi connectivity index (χ4v) is 8.28. The average molecular weight is 652 g/mol. The fraction of sp³-hybridized carbons (Fsp3) is 0.200.